The molecule has 4 rings (SSSR count). The summed E-state index contributed by atoms with van der Waals surface area (Å²) in [5.41, 5.74) is 2.35. The zero-order chi connectivity index (χ0) is 20.2. The van der Waals surface area contributed by atoms with E-state index < -0.39 is 0 Å². The van der Waals surface area contributed by atoms with Crippen molar-refractivity contribution in [2.75, 3.05) is 16.4 Å². The van der Waals surface area contributed by atoms with Crippen molar-refractivity contribution in [1.29, 1.82) is 0 Å². The molecule has 0 radical (unpaired) electrons. The van der Waals surface area contributed by atoms with E-state index in [-0.39, 0.29) is 17.6 Å². The van der Waals surface area contributed by atoms with Gasteiger partial charge in [-0.2, -0.15) is 0 Å². The minimum Gasteiger partial charge on any atom is -0.326 e. The van der Waals surface area contributed by atoms with Gasteiger partial charge in [-0.05, 0) is 43.2 Å². The van der Waals surface area contributed by atoms with Crippen molar-refractivity contribution in [2.24, 2.45) is 0 Å². The maximum atomic E-state index is 12.3. The number of hydrogen-bond acceptors (Lipinski definition) is 5. The number of amides is 2. The number of nitrogens with zero attached hydrogens (tertiary/aromatic N) is 3. The van der Waals surface area contributed by atoms with Crippen molar-refractivity contribution < 1.29 is 9.59 Å². The van der Waals surface area contributed by atoms with E-state index in [4.69, 9.17) is 0 Å². The number of para-hydroxylation sites is 1. The van der Waals surface area contributed by atoms with E-state index in [9.17, 15) is 9.59 Å². The van der Waals surface area contributed by atoms with E-state index in [1.807, 2.05) is 59.2 Å². The fourth-order valence-corrected chi connectivity index (χ4v) is 3.76. The number of anilines is 2. The second-order valence-electron chi connectivity index (χ2n) is 6.88. The highest BCUT2D eigenvalue weighted by atomic mass is 32.2. The molecule has 1 aromatic heterocycles. The van der Waals surface area contributed by atoms with Crippen LogP contribution in [0.25, 0.3) is 5.69 Å². The molecule has 1 aliphatic rings. The van der Waals surface area contributed by atoms with Crippen LogP contribution in [0.5, 0.6) is 0 Å². The Morgan fingerprint density at radius 2 is 1.79 bits per heavy atom. The third-order valence-corrected chi connectivity index (χ3v) is 5.34. The van der Waals surface area contributed by atoms with Crippen LogP contribution in [0.15, 0.2) is 59.8 Å². The lowest BCUT2D eigenvalue weighted by molar-refractivity contribution is -0.114. The molecule has 0 atom stereocenters. The summed E-state index contributed by atoms with van der Waals surface area (Å²) >= 11 is 1.34. The highest BCUT2D eigenvalue weighted by Crippen LogP contribution is 2.41. The summed E-state index contributed by atoms with van der Waals surface area (Å²) in [6, 6.07) is 16.9. The summed E-state index contributed by atoms with van der Waals surface area (Å²) in [4.78, 5) is 23.7. The van der Waals surface area contributed by atoms with Gasteiger partial charge in [0.25, 0.3) is 0 Å². The molecule has 1 saturated carbocycles. The molecule has 1 aliphatic carbocycles. The van der Waals surface area contributed by atoms with Crippen LogP contribution >= 0.6 is 11.8 Å². The minimum atomic E-state index is -0.125. The van der Waals surface area contributed by atoms with Crippen molar-refractivity contribution in [3.63, 3.8) is 0 Å². The lowest BCUT2D eigenvalue weighted by Gasteiger charge is -2.12. The minimum absolute atomic E-state index is 0.101. The molecule has 2 N–H and O–H groups in total. The average Bonchev–Trinajstić information content (AvgIpc) is 3.46. The Labute approximate surface area is 172 Å². The zero-order valence-corrected chi connectivity index (χ0v) is 16.8. The van der Waals surface area contributed by atoms with Gasteiger partial charge >= 0.3 is 0 Å². The second-order valence-corrected chi connectivity index (χ2v) is 7.83. The Kier molecular flexibility index (Phi) is 5.62. The van der Waals surface area contributed by atoms with Gasteiger partial charge < -0.3 is 10.6 Å². The summed E-state index contributed by atoms with van der Waals surface area (Å²) < 4.78 is 1.99. The standard InChI is InChI=1S/C21H21N5O2S/c1-14(27)22-17-8-5-9-18(12-17)26-20(15-10-11-15)24-25-21(26)29-13-19(28)23-16-6-3-2-4-7-16/h2-9,12,15H,10-11,13H2,1H3,(H,22,27)(H,23,28). The quantitative estimate of drug-likeness (QED) is 0.581. The fraction of sp³-hybridized carbons (Fsp3) is 0.238. The Morgan fingerprint density at radius 1 is 1.03 bits per heavy atom. The van der Waals surface area contributed by atoms with Crippen LogP contribution in [0.2, 0.25) is 0 Å². The Hall–Kier alpha value is -3.13. The molecule has 29 heavy (non-hydrogen) atoms. The first-order valence-corrected chi connectivity index (χ1v) is 10.4. The first kappa shape index (κ1) is 19.2. The van der Waals surface area contributed by atoms with Crippen molar-refractivity contribution in [1.82, 2.24) is 14.8 Å². The number of nitrogens with one attached hydrogen (secondary N) is 2. The van der Waals surface area contributed by atoms with Crippen LogP contribution in [0.3, 0.4) is 0 Å². The van der Waals surface area contributed by atoms with Crippen molar-refractivity contribution >= 4 is 35.0 Å². The molecule has 2 aromatic carbocycles. The summed E-state index contributed by atoms with van der Waals surface area (Å²) in [5, 5.41) is 15.1. The molecule has 2 amide bonds. The monoisotopic (exact) mass is 407 g/mol. The van der Waals surface area contributed by atoms with Gasteiger partial charge in [0.2, 0.25) is 11.8 Å². The SMILES string of the molecule is CC(=O)Nc1cccc(-n2c(SCC(=O)Nc3ccccc3)nnc2C2CC2)c1. The van der Waals surface area contributed by atoms with Crippen LogP contribution in [-0.2, 0) is 9.59 Å². The Morgan fingerprint density at radius 3 is 2.52 bits per heavy atom. The molecule has 0 saturated heterocycles. The average molecular weight is 407 g/mol. The van der Waals surface area contributed by atoms with Gasteiger partial charge in [0.05, 0.1) is 11.4 Å². The Bertz CT molecular complexity index is 1030. The van der Waals surface area contributed by atoms with E-state index >= 15 is 0 Å². The normalized spacial score (nSPS) is 13.1. The highest BCUT2D eigenvalue weighted by molar-refractivity contribution is 7.99. The summed E-state index contributed by atoms with van der Waals surface area (Å²) in [6.07, 6.45) is 2.17. The number of aromatic nitrogens is 3. The first-order valence-electron chi connectivity index (χ1n) is 9.41. The lowest BCUT2D eigenvalue weighted by Crippen LogP contribution is -2.14. The smallest absolute Gasteiger partial charge is 0.234 e. The third kappa shape index (κ3) is 4.83. The molecule has 0 unspecified atom stereocenters. The van der Waals surface area contributed by atoms with E-state index in [1.54, 1.807) is 0 Å². The molecule has 1 heterocycles. The fourth-order valence-electron chi connectivity index (χ4n) is 3.00. The largest absolute Gasteiger partial charge is 0.326 e. The molecule has 8 heteroatoms. The van der Waals surface area contributed by atoms with Gasteiger partial charge in [0.15, 0.2) is 5.16 Å². The van der Waals surface area contributed by atoms with Gasteiger partial charge in [-0.15, -0.1) is 10.2 Å². The van der Waals surface area contributed by atoms with E-state index in [2.05, 4.69) is 20.8 Å². The second kappa shape index (κ2) is 8.48. The number of thioether (sulfide) groups is 1. The number of carbonyl (C=O) groups excluding carboxylic acids is 2. The Balaban J connectivity index is 1.54. The number of rotatable bonds is 7. The summed E-state index contributed by atoms with van der Waals surface area (Å²) in [7, 11) is 0. The maximum absolute atomic E-state index is 12.3. The highest BCUT2D eigenvalue weighted by Gasteiger charge is 2.31. The lowest BCUT2D eigenvalue weighted by atomic mass is 10.2. The van der Waals surface area contributed by atoms with Crippen LogP contribution in [-0.4, -0.2) is 32.3 Å². The molecule has 3 aromatic rings. The predicted octanol–water partition coefficient (Wildman–Crippen LogP) is 3.83. The van der Waals surface area contributed by atoms with Crippen LogP contribution in [0, 0.1) is 0 Å². The van der Waals surface area contributed by atoms with Gasteiger partial charge in [0, 0.05) is 24.2 Å². The van der Waals surface area contributed by atoms with Crippen molar-refractivity contribution in [2.45, 2.75) is 30.8 Å². The van der Waals surface area contributed by atoms with E-state index in [0.717, 1.165) is 30.0 Å². The predicted molar refractivity (Wildman–Crippen MR) is 113 cm³/mol. The number of hydrogen-bond donors (Lipinski definition) is 2. The molecule has 7 nitrogen and oxygen atoms in total. The third-order valence-electron chi connectivity index (χ3n) is 4.42. The van der Waals surface area contributed by atoms with Gasteiger partial charge in [0.1, 0.15) is 5.82 Å². The van der Waals surface area contributed by atoms with E-state index in [0.29, 0.717) is 16.8 Å². The first-order chi connectivity index (χ1) is 14.1. The zero-order valence-electron chi connectivity index (χ0n) is 16.0. The molecule has 0 aliphatic heterocycles. The molecule has 148 valence electrons. The van der Waals surface area contributed by atoms with Crippen molar-refractivity contribution in [3.05, 3.63) is 60.4 Å². The molecule has 0 spiro atoms. The van der Waals surface area contributed by atoms with Gasteiger partial charge in [-0.3, -0.25) is 14.2 Å². The van der Waals surface area contributed by atoms with E-state index in [1.165, 1.54) is 18.7 Å². The van der Waals surface area contributed by atoms with Gasteiger partial charge in [-0.25, -0.2) is 0 Å². The topological polar surface area (TPSA) is 88.9 Å². The summed E-state index contributed by atoms with van der Waals surface area (Å²) in [6.45, 7) is 1.48. The maximum Gasteiger partial charge on any atom is 0.234 e. The number of benzene rings is 2. The van der Waals surface area contributed by atoms with Crippen LogP contribution in [0.4, 0.5) is 11.4 Å². The molecular formula is C21H21N5O2S. The molecule has 1 fully saturated rings. The summed E-state index contributed by atoms with van der Waals surface area (Å²) in [5.74, 6) is 1.29. The van der Waals surface area contributed by atoms with Crippen LogP contribution in [0.1, 0.15) is 31.5 Å². The number of carbonyl (C=O) groups is 2. The van der Waals surface area contributed by atoms with Gasteiger partial charge in [-0.1, -0.05) is 36.0 Å². The molecular weight excluding hydrogens is 386 g/mol. The van der Waals surface area contributed by atoms with Crippen LogP contribution < -0.4 is 10.6 Å². The van der Waals surface area contributed by atoms with Crippen molar-refractivity contribution in [3.8, 4) is 5.69 Å². The molecule has 0 bridgehead atoms.